The van der Waals surface area contributed by atoms with Gasteiger partial charge in [-0.15, -0.1) is 0 Å². The number of nitriles is 1. The van der Waals surface area contributed by atoms with E-state index in [1.54, 1.807) is 0 Å². The number of aliphatic hydroxyl groups is 1. The van der Waals surface area contributed by atoms with Gasteiger partial charge in [-0.2, -0.15) is 14.8 Å². The molecule has 1 aromatic heterocycles. The van der Waals surface area contributed by atoms with E-state index in [0.29, 0.717) is 23.7 Å². The van der Waals surface area contributed by atoms with Crippen LogP contribution in [-0.2, 0) is 11.3 Å². The normalized spacial score (nSPS) is 49.9. The topological polar surface area (TPSA) is 78.9 Å². The maximum Gasteiger partial charge on any atom is 0.229 e. The number of nitrogens with zero attached hydrogens (tertiary/aromatic N) is 3. The number of aromatic nitrogens is 2. The van der Waals surface area contributed by atoms with E-state index in [4.69, 9.17) is 5.26 Å². The highest BCUT2D eigenvalue weighted by molar-refractivity contribution is 5.84. The maximum atomic E-state index is 14.5. The summed E-state index contributed by atoms with van der Waals surface area (Å²) in [7, 11) is 0. The molecule has 5 aliphatic carbocycles. The number of carbonyl (C=O) groups excluding carboxylic acids is 1. The van der Waals surface area contributed by atoms with Crippen LogP contribution < -0.4 is 0 Å². The number of hydrogen-bond acceptors (Lipinski definition) is 4. The van der Waals surface area contributed by atoms with Crippen LogP contribution in [0.25, 0.3) is 0 Å². The average Bonchev–Trinajstić information content (AvgIpc) is 3.20. The third-order valence-corrected chi connectivity index (χ3v) is 11.2. The van der Waals surface area contributed by atoms with Crippen molar-refractivity contribution in [3.8, 4) is 6.07 Å². The minimum absolute atomic E-state index is 0.0232. The molecule has 178 valence electrons. The summed E-state index contributed by atoms with van der Waals surface area (Å²) in [5, 5.41) is 23.7. The Balaban J connectivity index is 1.26. The summed E-state index contributed by atoms with van der Waals surface area (Å²) >= 11 is 0. The fourth-order valence-electron chi connectivity index (χ4n) is 10.0. The Kier molecular flexibility index (Phi) is 4.55. The van der Waals surface area contributed by atoms with E-state index in [-0.39, 0.29) is 34.6 Å². The predicted molar refractivity (Wildman–Crippen MR) is 120 cm³/mol. The lowest BCUT2D eigenvalue weighted by Gasteiger charge is -2.57. The fourth-order valence-corrected chi connectivity index (χ4v) is 10.0. The lowest BCUT2D eigenvalue weighted by Crippen LogP contribution is -2.52. The standard InChI is InChI=1S/C27H36FN3O2/c1-25(33)8-6-17-15(10-25)4-5-19-18(17)7-9-26(2)22(19)20-11-27(20,3)23(26)21(32)14-31-24(28)16(12-29)13-30-31/h13,15,17-20,22-23,33H,4-11,14H2,1-3H3/t15-,17+,18-,19-,20+,22-,23-,25-,26+,27+/m1/s1. The van der Waals surface area contributed by atoms with Gasteiger partial charge in [0, 0.05) is 5.92 Å². The molecule has 0 saturated heterocycles. The predicted octanol–water partition coefficient (Wildman–Crippen LogP) is 4.73. The molecule has 5 fully saturated rings. The first-order valence-electron chi connectivity index (χ1n) is 13.0. The van der Waals surface area contributed by atoms with Crippen molar-refractivity contribution in [2.24, 2.45) is 52.3 Å². The lowest BCUT2D eigenvalue weighted by molar-refractivity contribution is -0.138. The van der Waals surface area contributed by atoms with Crippen molar-refractivity contribution < 1.29 is 14.3 Å². The van der Waals surface area contributed by atoms with E-state index < -0.39 is 11.5 Å². The van der Waals surface area contributed by atoms with E-state index in [0.717, 1.165) is 48.6 Å². The number of halogens is 1. The summed E-state index contributed by atoms with van der Waals surface area (Å²) in [5.74, 6) is 3.33. The zero-order chi connectivity index (χ0) is 23.3. The molecule has 5 aliphatic rings. The minimum Gasteiger partial charge on any atom is -0.390 e. The van der Waals surface area contributed by atoms with Crippen molar-refractivity contribution >= 4 is 5.78 Å². The summed E-state index contributed by atoms with van der Waals surface area (Å²) in [5.41, 5.74) is -0.590. The molecule has 0 spiro atoms. The van der Waals surface area contributed by atoms with Gasteiger partial charge in [0.05, 0.1) is 11.8 Å². The molecule has 1 heterocycles. The molecular formula is C27H36FN3O2. The summed E-state index contributed by atoms with van der Waals surface area (Å²) in [4.78, 5) is 13.7. The average molecular weight is 454 g/mol. The van der Waals surface area contributed by atoms with Crippen LogP contribution in [0.3, 0.4) is 0 Å². The van der Waals surface area contributed by atoms with E-state index >= 15 is 0 Å². The Bertz CT molecular complexity index is 1040. The minimum atomic E-state index is -0.696. The van der Waals surface area contributed by atoms with Crippen molar-refractivity contribution in [2.75, 3.05) is 0 Å². The van der Waals surface area contributed by atoms with Gasteiger partial charge in [-0.3, -0.25) is 4.79 Å². The van der Waals surface area contributed by atoms with Crippen LogP contribution in [0.2, 0.25) is 0 Å². The Morgan fingerprint density at radius 2 is 1.91 bits per heavy atom. The second-order valence-electron chi connectivity index (χ2n) is 13.0. The van der Waals surface area contributed by atoms with Crippen LogP contribution in [0.5, 0.6) is 0 Å². The van der Waals surface area contributed by atoms with Crippen LogP contribution in [0.15, 0.2) is 6.20 Å². The molecule has 0 unspecified atom stereocenters. The second kappa shape index (κ2) is 6.90. The molecular weight excluding hydrogens is 417 g/mol. The van der Waals surface area contributed by atoms with Crippen LogP contribution in [0, 0.1) is 69.5 Å². The van der Waals surface area contributed by atoms with Crippen molar-refractivity contribution in [3.63, 3.8) is 0 Å². The Hall–Kier alpha value is -1.74. The van der Waals surface area contributed by atoms with Gasteiger partial charge in [-0.05, 0) is 105 Å². The highest BCUT2D eigenvalue weighted by Gasteiger charge is 2.76. The zero-order valence-electron chi connectivity index (χ0n) is 20.1. The molecule has 1 aromatic rings. The van der Waals surface area contributed by atoms with Gasteiger partial charge in [0.25, 0.3) is 0 Å². The summed E-state index contributed by atoms with van der Waals surface area (Å²) in [6.45, 7) is 6.59. The van der Waals surface area contributed by atoms with Gasteiger partial charge in [0.15, 0.2) is 5.78 Å². The number of hydrogen-bond donors (Lipinski definition) is 1. The van der Waals surface area contributed by atoms with Gasteiger partial charge < -0.3 is 5.11 Å². The molecule has 5 nitrogen and oxygen atoms in total. The van der Waals surface area contributed by atoms with Gasteiger partial charge in [0.2, 0.25) is 5.95 Å². The molecule has 6 rings (SSSR count). The smallest absolute Gasteiger partial charge is 0.229 e. The highest BCUT2D eigenvalue weighted by Crippen LogP contribution is 2.80. The summed E-state index contributed by atoms with van der Waals surface area (Å²) in [6.07, 6.45) is 10.0. The summed E-state index contributed by atoms with van der Waals surface area (Å²) < 4.78 is 15.5. The van der Waals surface area contributed by atoms with Crippen LogP contribution in [0.4, 0.5) is 4.39 Å². The lowest BCUT2D eigenvalue weighted by atomic mass is 9.47. The first-order valence-corrected chi connectivity index (χ1v) is 13.0. The molecule has 0 amide bonds. The Morgan fingerprint density at radius 3 is 2.64 bits per heavy atom. The molecule has 1 N–H and O–H groups in total. The molecule has 33 heavy (non-hydrogen) atoms. The largest absolute Gasteiger partial charge is 0.390 e. The van der Waals surface area contributed by atoms with Crippen LogP contribution in [0.1, 0.15) is 77.7 Å². The number of Topliss-reactive ketones (excluding diaryl/α,β-unsaturated/α-hetero) is 1. The Morgan fingerprint density at radius 1 is 1.15 bits per heavy atom. The fraction of sp³-hybridized carbons (Fsp3) is 0.815. The SMILES string of the molecule is C[C@@]1(O)CC[C@H]2[C@H](CC[C@@H]3[C@@H]2CC[C@@]2(C)[C@H]3[C@@H]3C[C@]3(C)[C@@H]2C(=O)Cn2ncc(C#N)c2F)C1. The monoisotopic (exact) mass is 453 g/mol. The van der Waals surface area contributed by atoms with Gasteiger partial charge >= 0.3 is 0 Å². The molecule has 0 radical (unpaired) electrons. The number of fused-ring (bicyclic) bond motifs is 7. The first-order chi connectivity index (χ1) is 15.6. The third kappa shape index (κ3) is 2.97. The molecule has 10 atom stereocenters. The number of rotatable bonds is 3. The molecule has 0 aromatic carbocycles. The van der Waals surface area contributed by atoms with Gasteiger partial charge in [-0.25, -0.2) is 4.68 Å². The highest BCUT2D eigenvalue weighted by atomic mass is 19.1. The maximum absolute atomic E-state index is 14.5. The van der Waals surface area contributed by atoms with Crippen LogP contribution in [-0.4, -0.2) is 26.3 Å². The quantitative estimate of drug-likeness (QED) is 0.718. The Labute approximate surface area is 195 Å². The molecule has 6 heteroatoms. The molecule has 0 aliphatic heterocycles. The summed E-state index contributed by atoms with van der Waals surface area (Å²) in [6, 6.07) is 1.81. The van der Waals surface area contributed by atoms with Crippen LogP contribution >= 0.6 is 0 Å². The van der Waals surface area contributed by atoms with Crippen molar-refractivity contribution in [3.05, 3.63) is 17.7 Å². The van der Waals surface area contributed by atoms with E-state index in [2.05, 4.69) is 18.9 Å². The van der Waals surface area contributed by atoms with Gasteiger partial charge in [0.1, 0.15) is 18.2 Å². The third-order valence-electron chi connectivity index (χ3n) is 11.2. The van der Waals surface area contributed by atoms with Crippen molar-refractivity contribution in [1.82, 2.24) is 9.78 Å². The molecule has 5 saturated carbocycles. The number of ketones is 1. The van der Waals surface area contributed by atoms with E-state index in [1.807, 2.05) is 13.0 Å². The second-order valence-corrected chi connectivity index (χ2v) is 13.0. The van der Waals surface area contributed by atoms with E-state index in [1.165, 1.54) is 25.5 Å². The van der Waals surface area contributed by atoms with E-state index in [9.17, 15) is 14.3 Å². The molecule has 0 bridgehead atoms. The van der Waals surface area contributed by atoms with Crippen molar-refractivity contribution in [2.45, 2.75) is 84.3 Å². The van der Waals surface area contributed by atoms with Crippen molar-refractivity contribution in [1.29, 1.82) is 5.26 Å². The zero-order valence-corrected chi connectivity index (χ0v) is 20.1. The first kappa shape index (κ1) is 21.8. The van der Waals surface area contributed by atoms with Gasteiger partial charge in [-0.1, -0.05) is 13.8 Å². The number of carbonyl (C=O) groups is 1.